The number of nitrogen functional groups attached to an aromatic ring is 1. The van der Waals surface area contributed by atoms with E-state index in [1.54, 1.807) is 33.1 Å². The number of hydrogen-bond acceptors (Lipinski definition) is 4. The van der Waals surface area contributed by atoms with Gasteiger partial charge in [0.2, 0.25) is 0 Å². The second-order valence-corrected chi connectivity index (χ2v) is 3.31. The number of carbonyl (C=O) groups excluding carboxylic acids is 1. The summed E-state index contributed by atoms with van der Waals surface area (Å²) in [5, 5.41) is 5.61. The lowest BCUT2D eigenvalue weighted by molar-refractivity contribution is 0.0848. The average Bonchev–Trinajstić information content (AvgIpc) is 2.25. The highest BCUT2D eigenvalue weighted by atomic mass is 16.2. The number of nitrogens with one attached hydrogen (secondary N) is 1. The van der Waals surface area contributed by atoms with Crippen molar-refractivity contribution in [2.45, 2.75) is 6.92 Å². The Morgan fingerprint density at radius 1 is 1.57 bits per heavy atom. The molecule has 1 heterocycles. The van der Waals surface area contributed by atoms with Gasteiger partial charge in [0, 0.05) is 21.1 Å². The quantitative estimate of drug-likeness (QED) is 0.628. The van der Waals surface area contributed by atoms with E-state index in [2.05, 4.69) is 10.5 Å². The third-order valence-corrected chi connectivity index (χ3v) is 1.81. The second-order valence-electron chi connectivity index (χ2n) is 3.31. The number of nitrogens with two attached hydrogens (primary N) is 1. The number of carbonyl (C=O) groups is 1. The predicted octanol–water partition coefficient (Wildman–Crippen LogP) is -0.483. The molecule has 6 nitrogen and oxygen atoms in total. The largest absolute Gasteiger partial charge is 0.395 e. The standard InChI is InChI=1S/C8H15N5O/c1-5-6(9)7(13(4)10-5)8(14)11-12(2)3/h9H2,1-4H3,(H,11,14). The number of aromatic nitrogens is 2. The van der Waals surface area contributed by atoms with Crippen molar-refractivity contribution >= 4 is 11.6 Å². The minimum absolute atomic E-state index is 0.254. The van der Waals surface area contributed by atoms with Crippen molar-refractivity contribution in [3.63, 3.8) is 0 Å². The molecule has 0 saturated carbocycles. The molecular weight excluding hydrogens is 182 g/mol. The van der Waals surface area contributed by atoms with Crippen LogP contribution in [-0.4, -0.2) is 34.8 Å². The van der Waals surface area contributed by atoms with Crippen molar-refractivity contribution in [1.82, 2.24) is 20.2 Å². The van der Waals surface area contributed by atoms with Gasteiger partial charge in [0.15, 0.2) is 5.69 Å². The molecule has 3 N–H and O–H groups in total. The zero-order valence-electron chi connectivity index (χ0n) is 8.83. The Bertz CT molecular complexity index is 355. The summed E-state index contributed by atoms with van der Waals surface area (Å²) < 4.78 is 1.48. The van der Waals surface area contributed by atoms with Gasteiger partial charge in [-0.3, -0.25) is 14.9 Å². The van der Waals surface area contributed by atoms with Gasteiger partial charge in [-0.2, -0.15) is 5.10 Å². The zero-order chi connectivity index (χ0) is 10.9. The van der Waals surface area contributed by atoms with Gasteiger partial charge >= 0.3 is 0 Å². The maximum atomic E-state index is 11.6. The van der Waals surface area contributed by atoms with Crippen LogP contribution >= 0.6 is 0 Å². The molecule has 0 radical (unpaired) electrons. The Kier molecular flexibility index (Phi) is 2.76. The van der Waals surface area contributed by atoms with Crippen LogP contribution in [0.5, 0.6) is 0 Å². The predicted molar refractivity (Wildman–Crippen MR) is 53.5 cm³/mol. The lowest BCUT2D eigenvalue weighted by atomic mass is 10.3. The summed E-state index contributed by atoms with van der Waals surface area (Å²) in [5.41, 5.74) is 9.80. The van der Waals surface area contributed by atoms with Gasteiger partial charge in [-0.05, 0) is 6.92 Å². The molecule has 1 aromatic rings. The molecule has 1 amide bonds. The second kappa shape index (κ2) is 3.67. The fourth-order valence-corrected chi connectivity index (χ4v) is 1.20. The van der Waals surface area contributed by atoms with Crippen molar-refractivity contribution in [2.24, 2.45) is 7.05 Å². The molecule has 14 heavy (non-hydrogen) atoms. The summed E-state index contributed by atoms with van der Waals surface area (Å²) in [6.07, 6.45) is 0. The number of aryl methyl sites for hydroxylation is 2. The fourth-order valence-electron chi connectivity index (χ4n) is 1.20. The molecule has 0 aliphatic carbocycles. The topological polar surface area (TPSA) is 76.2 Å². The first-order chi connectivity index (χ1) is 6.43. The molecule has 0 bridgehead atoms. The number of hydrogen-bond donors (Lipinski definition) is 2. The van der Waals surface area contributed by atoms with Gasteiger partial charge in [0.05, 0.1) is 11.4 Å². The summed E-state index contributed by atoms with van der Waals surface area (Å²) >= 11 is 0. The molecule has 0 atom stereocenters. The van der Waals surface area contributed by atoms with Gasteiger partial charge in [-0.1, -0.05) is 0 Å². The molecular formula is C8H15N5O. The van der Waals surface area contributed by atoms with Crippen LogP contribution in [0.4, 0.5) is 5.69 Å². The summed E-state index contributed by atoms with van der Waals surface area (Å²) in [6.45, 7) is 1.77. The summed E-state index contributed by atoms with van der Waals surface area (Å²) in [4.78, 5) is 11.6. The van der Waals surface area contributed by atoms with Crippen LogP contribution in [0.3, 0.4) is 0 Å². The Morgan fingerprint density at radius 2 is 2.14 bits per heavy atom. The summed E-state index contributed by atoms with van der Waals surface area (Å²) in [7, 11) is 5.16. The first-order valence-corrected chi connectivity index (χ1v) is 4.21. The highest BCUT2D eigenvalue weighted by Gasteiger charge is 2.17. The Labute approximate surface area is 82.6 Å². The zero-order valence-corrected chi connectivity index (χ0v) is 8.83. The molecule has 0 aromatic carbocycles. The number of amides is 1. The summed E-state index contributed by atoms with van der Waals surface area (Å²) in [5.74, 6) is -0.254. The van der Waals surface area contributed by atoms with Crippen LogP contribution in [0.2, 0.25) is 0 Å². The van der Waals surface area contributed by atoms with Crippen molar-refractivity contribution in [3.05, 3.63) is 11.4 Å². The monoisotopic (exact) mass is 197 g/mol. The van der Waals surface area contributed by atoms with Crippen molar-refractivity contribution in [1.29, 1.82) is 0 Å². The maximum absolute atomic E-state index is 11.6. The van der Waals surface area contributed by atoms with E-state index in [-0.39, 0.29) is 5.91 Å². The van der Waals surface area contributed by atoms with Crippen LogP contribution in [0.25, 0.3) is 0 Å². The van der Waals surface area contributed by atoms with E-state index in [0.717, 1.165) is 0 Å². The number of anilines is 1. The van der Waals surface area contributed by atoms with E-state index < -0.39 is 0 Å². The smallest absolute Gasteiger partial charge is 0.285 e. The third-order valence-electron chi connectivity index (χ3n) is 1.81. The SMILES string of the molecule is Cc1nn(C)c(C(=O)NN(C)C)c1N. The summed E-state index contributed by atoms with van der Waals surface area (Å²) in [6, 6.07) is 0. The number of hydrazine groups is 1. The average molecular weight is 197 g/mol. The van der Waals surface area contributed by atoms with Crippen LogP contribution in [-0.2, 0) is 7.05 Å². The van der Waals surface area contributed by atoms with Crippen LogP contribution in [0, 0.1) is 6.92 Å². The van der Waals surface area contributed by atoms with E-state index in [1.807, 2.05) is 0 Å². The van der Waals surface area contributed by atoms with Crippen LogP contribution < -0.4 is 11.2 Å². The van der Waals surface area contributed by atoms with Crippen molar-refractivity contribution in [2.75, 3.05) is 19.8 Å². The highest BCUT2D eigenvalue weighted by Crippen LogP contribution is 2.14. The minimum atomic E-state index is -0.254. The van der Waals surface area contributed by atoms with Gasteiger partial charge in [-0.25, -0.2) is 5.01 Å². The van der Waals surface area contributed by atoms with Crippen molar-refractivity contribution < 1.29 is 4.79 Å². The lowest BCUT2D eigenvalue weighted by Crippen LogP contribution is -2.37. The number of nitrogens with zero attached hydrogens (tertiary/aromatic N) is 3. The van der Waals surface area contributed by atoms with Crippen LogP contribution in [0.15, 0.2) is 0 Å². The first kappa shape index (κ1) is 10.5. The van der Waals surface area contributed by atoms with Gasteiger partial charge < -0.3 is 5.73 Å². The third kappa shape index (κ3) is 1.85. The Hall–Kier alpha value is -1.56. The normalized spacial score (nSPS) is 10.6. The van der Waals surface area contributed by atoms with Gasteiger partial charge in [0.1, 0.15) is 0 Å². The molecule has 0 spiro atoms. The van der Waals surface area contributed by atoms with Gasteiger partial charge in [-0.15, -0.1) is 0 Å². The lowest BCUT2D eigenvalue weighted by Gasteiger charge is -2.11. The van der Waals surface area contributed by atoms with E-state index in [4.69, 9.17) is 5.73 Å². The Morgan fingerprint density at radius 3 is 2.50 bits per heavy atom. The highest BCUT2D eigenvalue weighted by molar-refractivity contribution is 5.97. The maximum Gasteiger partial charge on any atom is 0.285 e. The molecule has 0 aliphatic rings. The number of rotatable bonds is 2. The molecule has 0 unspecified atom stereocenters. The molecule has 0 saturated heterocycles. The molecule has 0 fully saturated rings. The fraction of sp³-hybridized carbons (Fsp3) is 0.500. The first-order valence-electron chi connectivity index (χ1n) is 4.21. The van der Waals surface area contributed by atoms with Gasteiger partial charge in [0.25, 0.3) is 5.91 Å². The molecule has 78 valence electrons. The van der Waals surface area contributed by atoms with Crippen molar-refractivity contribution in [3.8, 4) is 0 Å². The van der Waals surface area contributed by atoms with E-state index in [1.165, 1.54) is 4.68 Å². The van der Waals surface area contributed by atoms with Crippen LogP contribution in [0.1, 0.15) is 16.2 Å². The molecule has 1 rings (SSSR count). The molecule has 0 aliphatic heterocycles. The van der Waals surface area contributed by atoms with E-state index in [9.17, 15) is 4.79 Å². The minimum Gasteiger partial charge on any atom is -0.395 e. The van der Waals surface area contributed by atoms with E-state index in [0.29, 0.717) is 17.1 Å². The molecule has 1 aromatic heterocycles. The Balaban J connectivity index is 3.00. The van der Waals surface area contributed by atoms with E-state index >= 15 is 0 Å². The molecule has 6 heteroatoms.